The molecule has 158 valence electrons. The number of nitrogens with zero attached hydrogens (tertiary/aromatic N) is 2. The zero-order valence-electron chi connectivity index (χ0n) is 16.8. The van der Waals surface area contributed by atoms with Crippen molar-refractivity contribution in [2.45, 2.75) is 29.9 Å². The summed E-state index contributed by atoms with van der Waals surface area (Å²) >= 11 is 0. The average Bonchev–Trinajstić information content (AvgIpc) is 3.26. The van der Waals surface area contributed by atoms with Crippen molar-refractivity contribution in [3.63, 3.8) is 0 Å². The van der Waals surface area contributed by atoms with Crippen molar-refractivity contribution in [1.82, 2.24) is 4.90 Å². The highest BCUT2D eigenvalue weighted by Gasteiger charge is 2.61. The van der Waals surface area contributed by atoms with Gasteiger partial charge in [-0.05, 0) is 29.7 Å². The number of hydrogen-bond acceptors (Lipinski definition) is 6. The van der Waals surface area contributed by atoms with Gasteiger partial charge in [0.2, 0.25) is 0 Å². The molecule has 2 aliphatic rings. The second-order valence-electron chi connectivity index (χ2n) is 7.32. The molecule has 0 unspecified atom stereocenters. The molecule has 0 N–H and O–H groups in total. The highest BCUT2D eigenvalue weighted by molar-refractivity contribution is 7.92. The van der Waals surface area contributed by atoms with Crippen molar-refractivity contribution in [3.8, 4) is 0 Å². The van der Waals surface area contributed by atoms with Gasteiger partial charge in [-0.2, -0.15) is 0 Å². The molecule has 0 aromatic heterocycles. The lowest BCUT2D eigenvalue weighted by Gasteiger charge is -2.34. The molecule has 0 aliphatic carbocycles. The lowest BCUT2D eigenvalue weighted by molar-refractivity contribution is -0.146. The van der Waals surface area contributed by atoms with E-state index >= 15 is 0 Å². The summed E-state index contributed by atoms with van der Waals surface area (Å²) in [6, 6.07) is 14.1. The Kier molecular flexibility index (Phi) is 4.93. The summed E-state index contributed by atoms with van der Waals surface area (Å²) in [5, 5.41) is 0. The van der Waals surface area contributed by atoms with Crippen LogP contribution in [0.4, 0.5) is 10.5 Å². The number of rotatable bonds is 3. The lowest BCUT2D eigenvalue weighted by Crippen LogP contribution is -2.54. The predicted octanol–water partition coefficient (Wildman–Crippen LogP) is 2.56. The van der Waals surface area contributed by atoms with E-state index in [4.69, 9.17) is 9.47 Å². The zero-order valence-corrected chi connectivity index (χ0v) is 17.6. The monoisotopic (exact) mass is 430 g/mol. The lowest BCUT2D eigenvalue weighted by atomic mass is 9.87. The Hall–Kier alpha value is -3.07. The van der Waals surface area contributed by atoms with Gasteiger partial charge in [0.1, 0.15) is 12.2 Å². The van der Waals surface area contributed by atoms with Crippen LogP contribution >= 0.6 is 0 Å². The van der Waals surface area contributed by atoms with E-state index in [1.165, 1.54) is 35.6 Å². The first-order chi connectivity index (χ1) is 14.3. The number of benzene rings is 2. The van der Waals surface area contributed by atoms with Crippen LogP contribution in [0.2, 0.25) is 0 Å². The summed E-state index contributed by atoms with van der Waals surface area (Å²) in [6.07, 6.45) is -1.73. The molecule has 1 fully saturated rings. The maximum absolute atomic E-state index is 13.7. The van der Waals surface area contributed by atoms with Gasteiger partial charge in [-0.25, -0.2) is 22.3 Å². The Morgan fingerprint density at radius 2 is 1.57 bits per heavy atom. The van der Waals surface area contributed by atoms with E-state index in [2.05, 4.69) is 0 Å². The average molecular weight is 430 g/mol. The highest BCUT2D eigenvalue weighted by atomic mass is 32.2. The van der Waals surface area contributed by atoms with E-state index in [9.17, 15) is 18.0 Å². The minimum Gasteiger partial charge on any atom is -0.467 e. The smallest absolute Gasteiger partial charge is 0.411 e. The molecule has 2 aromatic carbocycles. The van der Waals surface area contributed by atoms with Crippen LogP contribution in [0.5, 0.6) is 0 Å². The number of carbonyl (C=O) groups is 2. The summed E-state index contributed by atoms with van der Waals surface area (Å²) in [7, 11) is -1.59. The molecule has 2 aliphatic heterocycles. The molecule has 2 heterocycles. The van der Waals surface area contributed by atoms with Crippen molar-refractivity contribution in [2.75, 3.05) is 18.5 Å². The number of para-hydroxylation sites is 1. The Morgan fingerprint density at radius 1 is 0.933 bits per heavy atom. The fourth-order valence-electron chi connectivity index (χ4n) is 4.63. The molecule has 2 aromatic rings. The van der Waals surface area contributed by atoms with Gasteiger partial charge in [0.15, 0.2) is 0 Å². The second kappa shape index (κ2) is 7.32. The largest absolute Gasteiger partial charge is 0.467 e. The first-order valence-electron chi connectivity index (χ1n) is 9.47. The number of amides is 1. The van der Waals surface area contributed by atoms with Crippen molar-refractivity contribution in [1.29, 1.82) is 0 Å². The second-order valence-corrected chi connectivity index (χ2v) is 9.13. The van der Waals surface area contributed by atoms with Crippen LogP contribution < -0.4 is 4.31 Å². The molecule has 0 radical (unpaired) electrons. The highest BCUT2D eigenvalue weighted by Crippen LogP contribution is 2.54. The van der Waals surface area contributed by atoms with Gasteiger partial charge in [-0.15, -0.1) is 0 Å². The quantitative estimate of drug-likeness (QED) is 0.695. The fourth-order valence-corrected chi connectivity index (χ4v) is 6.30. The van der Waals surface area contributed by atoms with Crippen LogP contribution in [0.15, 0.2) is 59.5 Å². The predicted molar refractivity (Wildman–Crippen MR) is 108 cm³/mol. The van der Waals surface area contributed by atoms with Crippen LogP contribution in [-0.4, -0.2) is 51.8 Å². The summed E-state index contributed by atoms with van der Waals surface area (Å²) < 4.78 is 38.5. The summed E-state index contributed by atoms with van der Waals surface area (Å²) in [4.78, 5) is 26.6. The van der Waals surface area contributed by atoms with Crippen LogP contribution in [0, 0.1) is 5.92 Å². The standard InChI is InChI=1S/C21H22N2O6S/c1-13-17-15-11-7-8-12-16(15)23(30(26,27)14-9-5-4-6-10-14)19(17)22(21(25)29-3)18(13)20(24)28-2/h4-13,17-19H,1-3H3/t13-,17-,18+,19+/m1/s1. The van der Waals surface area contributed by atoms with Gasteiger partial charge in [0.05, 0.1) is 24.8 Å². The van der Waals surface area contributed by atoms with Crippen molar-refractivity contribution >= 4 is 27.8 Å². The van der Waals surface area contributed by atoms with Gasteiger partial charge >= 0.3 is 12.1 Å². The molecular weight excluding hydrogens is 408 g/mol. The maximum Gasteiger partial charge on any atom is 0.411 e. The van der Waals surface area contributed by atoms with Crippen LogP contribution in [0.25, 0.3) is 0 Å². The van der Waals surface area contributed by atoms with Gasteiger partial charge in [0.25, 0.3) is 10.0 Å². The molecule has 1 amide bonds. The molecular formula is C21H22N2O6S. The number of methoxy groups -OCH3 is 2. The van der Waals surface area contributed by atoms with Crippen molar-refractivity contribution < 1.29 is 27.5 Å². The van der Waals surface area contributed by atoms with Crippen LogP contribution in [0.3, 0.4) is 0 Å². The van der Waals surface area contributed by atoms with E-state index in [1.54, 1.807) is 30.3 Å². The Bertz CT molecular complexity index is 1090. The molecule has 1 saturated heterocycles. The molecule has 0 bridgehead atoms. The fraction of sp³-hybridized carbons (Fsp3) is 0.333. The molecule has 0 saturated carbocycles. The number of esters is 1. The minimum absolute atomic E-state index is 0.0967. The molecule has 30 heavy (non-hydrogen) atoms. The number of ether oxygens (including phenoxy) is 2. The van der Waals surface area contributed by atoms with Gasteiger partial charge in [-0.1, -0.05) is 43.3 Å². The number of fused-ring (bicyclic) bond motifs is 3. The van der Waals surface area contributed by atoms with Gasteiger partial charge < -0.3 is 9.47 Å². The Morgan fingerprint density at radius 3 is 2.20 bits per heavy atom. The summed E-state index contributed by atoms with van der Waals surface area (Å²) in [5.41, 5.74) is 1.25. The number of hydrogen-bond donors (Lipinski definition) is 0. The van der Waals surface area contributed by atoms with Crippen LogP contribution in [0.1, 0.15) is 18.4 Å². The maximum atomic E-state index is 13.7. The first kappa shape index (κ1) is 20.2. The third kappa shape index (κ3) is 2.76. The molecule has 4 rings (SSSR count). The SMILES string of the molecule is COC(=O)[C@@H]1[C@H](C)[C@@H]2c3ccccc3N(S(=O)(=O)c3ccccc3)[C@@H]2N1C(=O)OC. The van der Waals surface area contributed by atoms with E-state index in [1.807, 2.05) is 19.1 Å². The van der Waals surface area contributed by atoms with Gasteiger partial charge in [-0.3, -0.25) is 4.90 Å². The number of sulfonamides is 1. The number of anilines is 1. The van der Waals surface area contributed by atoms with E-state index in [0.717, 1.165) is 5.56 Å². The van der Waals surface area contributed by atoms with Crippen LogP contribution in [-0.2, 0) is 24.3 Å². The minimum atomic E-state index is -4.03. The van der Waals surface area contributed by atoms with Crippen molar-refractivity contribution in [3.05, 3.63) is 60.2 Å². The Labute approximate surface area is 175 Å². The summed E-state index contributed by atoms with van der Waals surface area (Å²) in [5.74, 6) is -1.42. The third-order valence-corrected chi connectivity index (χ3v) is 7.67. The number of likely N-dealkylation sites (tertiary alicyclic amines) is 1. The van der Waals surface area contributed by atoms with Crippen molar-refractivity contribution in [2.24, 2.45) is 5.92 Å². The molecule has 4 atom stereocenters. The van der Waals surface area contributed by atoms with E-state index in [-0.39, 0.29) is 4.90 Å². The zero-order chi connectivity index (χ0) is 21.6. The van der Waals surface area contributed by atoms with E-state index < -0.39 is 46.1 Å². The normalized spacial score (nSPS) is 24.9. The molecule has 0 spiro atoms. The molecule has 8 nitrogen and oxygen atoms in total. The number of carbonyl (C=O) groups excluding carboxylic acids is 2. The Balaban J connectivity index is 1.95. The van der Waals surface area contributed by atoms with Gasteiger partial charge in [0, 0.05) is 5.92 Å². The van der Waals surface area contributed by atoms with E-state index in [0.29, 0.717) is 5.69 Å². The first-order valence-corrected chi connectivity index (χ1v) is 10.9. The molecule has 9 heteroatoms. The third-order valence-electron chi connectivity index (χ3n) is 5.87. The topological polar surface area (TPSA) is 93.2 Å². The summed E-state index contributed by atoms with van der Waals surface area (Å²) in [6.45, 7) is 1.82.